The molecule has 2 fully saturated rings. The molecule has 188 valence electrons. The van der Waals surface area contributed by atoms with E-state index >= 15 is 4.39 Å². The van der Waals surface area contributed by atoms with E-state index in [2.05, 4.69) is 4.90 Å². The van der Waals surface area contributed by atoms with Gasteiger partial charge in [-0.25, -0.2) is 14.0 Å². The molecule has 1 unspecified atom stereocenters. The Balaban J connectivity index is 0.000000364. The average Bonchev–Trinajstić information content (AvgIpc) is 3.57. The molecule has 0 radical (unpaired) electrons. The lowest BCUT2D eigenvalue weighted by molar-refractivity contribution is -0.192. The molecule has 0 bridgehead atoms. The van der Waals surface area contributed by atoms with Crippen LogP contribution < -0.4 is 16.1 Å². The number of benzene rings is 1. The first-order valence-electron chi connectivity index (χ1n) is 11.0. The minimum Gasteiger partial charge on any atom is -0.477 e. The highest BCUT2D eigenvalue weighted by Gasteiger charge is 2.38. The van der Waals surface area contributed by atoms with Crippen molar-refractivity contribution in [1.82, 2.24) is 4.57 Å². The highest BCUT2D eigenvalue weighted by atomic mass is 19.4. The number of pyridine rings is 1. The van der Waals surface area contributed by atoms with E-state index in [1.807, 2.05) is 16.7 Å². The third kappa shape index (κ3) is 4.62. The van der Waals surface area contributed by atoms with Crippen LogP contribution in [-0.2, 0) is 4.79 Å². The second kappa shape index (κ2) is 8.99. The number of hydrogen-bond donors (Lipinski definition) is 3. The fraction of sp³-hybridized carbons (Fsp3) is 0.435. The smallest absolute Gasteiger partial charge is 0.477 e. The number of fused-ring (bicyclic) bond motifs is 5. The van der Waals surface area contributed by atoms with Crippen molar-refractivity contribution in [2.75, 3.05) is 18.0 Å². The molecule has 12 heteroatoms. The lowest BCUT2D eigenvalue weighted by atomic mass is 10.0. The van der Waals surface area contributed by atoms with Crippen molar-refractivity contribution in [2.45, 2.75) is 43.9 Å². The molecule has 2 aromatic rings. The first-order valence-corrected chi connectivity index (χ1v) is 11.0. The average molecular weight is 497 g/mol. The van der Waals surface area contributed by atoms with Crippen LogP contribution in [0.1, 0.15) is 47.6 Å². The van der Waals surface area contributed by atoms with E-state index < -0.39 is 29.4 Å². The number of carboxylic acid groups (broad SMARTS) is 2. The maximum atomic E-state index is 15.3. The van der Waals surface area contributed by atoms with Crippen LogP contribution in [0.4, 0.5) is 23.2 Å². The Morgan fingerprint density at radius 2 is 1.83 bits per heavy atom. The van der Waals surface area contributed by atoms with Gasteiger partial charge in [0.15, 0.2) is 0 Å². The summed E-state index contributed by atoms with van der Waals surface area (Å²) >= 11 is 0. The second-order valence-corrected chi connectivity index (χ2v) is 8.92. The van der Waals surface area contributed by atoms with E-state index in [9.17, 15) is 27.9 Å². The molecule has 2 aliphatic heterocycles. The molecule has 4 N–H and O–H groups in total. The summed E-state index contributed by atoms with van der Waals surface area (Å²) in [6.07, 6.45) is 3.86. The van der Waals surface area contributed by atoms with Gasteiger partial charge in [0.1, 0.15) is 11.4 Å². The van der Waals surface area contributed by atoms with Crippen LogP contribution in [0.2, 0.25) is 0 Å². The van der Waals surface area contributed by atoms with E-state index in [0.717, 1.165) is 25.7 Å². The highest BCUT2D eigenvalue weighted by Crippen LogP contribution is 2.43. The minimum absolute atomic E-state index is 0.140. The maximum Gasteiger partial charge on any atom is 0.490 e. The number of hydrogen-bond acceptors (Lipinski definition) is 5. The van der Waals surface area contributed by atoms with Crippen LogP contribution in [-0.4, -0.2) is 52.0 Å². The standard InChI is InChI=1S/C21H22FN3O3.C2HF3O2/c22-17-7-15-18(25(12-4-5-12)10-16(20(15)26)21(27)28)14-3-1-2-13-6-11(8-23)9-24(13)19(14)17;3-2(4,5)1(6)7/h1,3,7,10-13H,2,4-6,8-9,23H2,(H,27,28);(H,6,7)/t11-,13?;/m0./s1. The number of nitrogens with two attached hydrogens (primary N) is 1. The van der Waals surface area contributed by atoms with Crippen LogP contribution in [0.25, 0.3) is 17.0 Å². The summed E-state index contributed by atoms with van der Waals surface area (Å²) in [6.45, 7) is 1.26. The Hall–Kier alpha value is -3.41. The van der Waals surface area contributed by atoms with Gasteiger partial charge < -0.3 is 25.4 Å². The number of carbonyl (C=O) groups is 2. The predicted molar refractivity (Wildman–Crippen MR) is 119 cm³/mol. The van der Waals surface area contributed by atoms with Gasteiger partial charge in [0.25, 0.3) is 0 Å². The molecule has 2 atom stereocenters. The molecule has 8 nitrogen and oxygen atoms in total. The van der Waals surface area contributed by atoms with Crippen LogP contribution >= 0.6 is 0 Å². The van der Waals surface area contributed by atoms with E-state index in [0.29, 0.717) is 35.8 Å². The van der Waals surface area contributed by atoms with Crippen LogP contribution in [0, 0.1) is 11.7 Å². The van der Waals surface area contributed by atoms with Crippen molar-refractivity contribution in [3.05, 3.63) is 45.5 Å². The number of carboxylic acids is 2. The number of aromatic nitrogens is 1. The number of halogens is 4. The third-order valence-electron chi connectivity index (χ3n) is 6.51. The summed E-state index contributed by atoms with van der Waals surface area (Å²) in [6, 6.07) is 1.57. The van der Waals surface area contributed by atoms with Gasteiger partial charge in [-0.05, 0) is 44.2 Å². The zero-order valence-electron chi connectivity index (χ0n) is 18.4. The van der Waals surface area contributed by atoms with Gasteiger partial charge in [-0.15, -0.1) is 0 Å². The number of aromatic carboxylic acids is 1. The Morgan fingerprint density at radius 1 is 1.17 bits per heavy atom. The van der Waals surface area contributed by atoms with Crippen molar-refractivity contribution in [3.8, 4) is 0 Å². The van der Waals surface area contributed by atoms with Crippen molar-refractivity contribution >= 4 is 34.6 Å². The summed E-state index contributed by atoms with van der Waals surface area (Å²) in [5.41, 5.74) is 6.77. The van der Waals surface area contributed by atoms with Gasteiger partial charge in [-0.3, -0.25) is 4.79 Å². The van der Waals surface area contributed by atoms with Gasteiger partial charge in [0.2, 0.25) is 5.43 Å². The van der Waals surface area contributed by atoms with Crippen molar-refractivity contribution in [2.24, 2.45) is 11.7 Å². The molecule has 0 spiro atoms. The summed E-state index contributed by atoms with van der Waals surface area (Å²) in [7, 11) is 0. The van der Waals surface area contributed by atoms with Crippen LogP contribution in [0.15, 0.2) is 23.1 Å². The molecule has 1 aromatic heterocycles. The summed E-state index contributed by atoms with van der Waals surface area (Å²) < 4.78 is 48.9. The summed E-state index contributed by atoms with van der Waals surface area (Å²) in [5, 5.41) is 16.7. The molecular weight excluding hydrogens is 474 g/mol. The fourth-order valence-electron chi connectivity index (χ4n) is 4.78. The van der Waals surface area contributed by atoms with Gasteiger partial charge >= 0.3 is 18.1 Å². The third-order valence-corrected chi connectivity index (χ3v) is 6.51. The van der Waals surface area contributed by atoms with Gasteiger partial charge in [-0.2, -0.15) is 13.2 Å². The Kier molecular flexibility index (Phi) is 6.34. The zero-order valence-corrected chi connectivity index (χ0v) is 18.4. The lowest BCUT2D eigenvalue weighted by Gasteiger charge is -2.28. The zero-order chi connectivity index (χ0) is 25.7. The lowest BCUT2D eigenvalue weighted by Crippen LogP contribution is -2.30. The predicted octanol–water partition coefficient (Wildman–Crippen LogP) is 3.38. The van der Waals surface area contributed by atoms with E-state index in [1.54, 1.807) is 0 Å². The minimum atomic E-state index is -5.08. The molecule has 3 heterocycles. The number of alkyl halides is 3. The summed E-state index contributed by atoms with van der Waals surface area (Å²) in [5.74, 6) is -4.19. The second-order valence-electron chi connectivity index (χ2n) is 8.92. The Labute approximate surface area is 196 Å². The number of nitrogens with zero attached hydrogens (tertiary/aromatic N) is 2. The van der Waals surface area contributed by atoms with Crippen molar-refractivity contribution in [1.29, 1.82) is 0 Å². The van der Waals surface area contributed by atoms with Gasteiger partial charge in [-0.1, -0.05) is 12.2 Å². The Bertz CT molecular complexity index is 1280. The van der Waals surface area contributed by atoms with Crippen LogP contribution in [0.3, 0.4) is 0 Å². The van der Waals surface area contributed by atoms with Gasteiger partial charge in [0, 0.05) is 30.4 Å². The van der Waals surface area contributed by atoms with E-state index in [4.69, 9.17) is 15.6 Å². The topological polar surface area (TPSA) is 126 Å². The normalized spacial score (nSPS) is 21.1. The quantitative estimate of drug-likeness (QED) is 0.555. The first kappa shape index (κ1) is 24.7. The highest BCUT2D eigenvalue weighted by molar-refractivity contribution is 5.98. The van der Waals surface area contributed by atoms with Crippen molar-refractivity contribution < 1.29 is 37.4 Å². The molecule has 1 saturated carbocycles. The molecule has 1 aromatic carbocycles. The van der Waals surface area contributed by atoms with E-state index in [1.165, 1.54) is 12.3 Å². The number of anilines is 1. The molecule has 1 saturated heterocycles. The monoisotopic (exact) mass is 497 g/mol. The molecule has 3 aliphatic rings. The maximum absolute atomic E-state index is 15.3. The molecule has 35 heavy (non-hydrogen) atoms. The molecular formula is C23H23F4N3O5. The fourth-order valence-corrected chi connectivity index (χ4v) is 4.78. The molecule has 1 aliphatic carbocycles. The molecule has 5 rings (SSSR count). The van der Waals surface area contributed by atoms with Gasteiger partial charge in [0.05, 0.1) is 16.6 Å². The first-order chi connectivity index (χ1) is 16.4. The summed E-state index contributed by atoms with van der Waals surface area (Å²) in [4.78, 5) is 35.4. The molecule has 0 amide bonds. The Morgan fingerprint density at radius 3 is 2.37 bits per heavy atom. The number of aliphatic carboxylic acids is 1. The van der Waals surface area contributed by atoms with E-state index in [-0.39, 0.29) is 23.0 Å². The van der Waals surface area contributed by atoms with Crippen LogP contribution in [0.5, 0.6) is 0 Å². The largest absolute Gasteiger partial charge is 0.490 e. The SMILES string of the molecule is NC[C@@H]1CC2CC=Cc3c(c(F)cc4c(=O)c(C(=O)O)cn(C5CC5)c34)N2C1.O=C(O)C(F)(F)F. The van der Waals surface area contributed by atoms with Crippen molar-refractivity contribution in [3.63, 3.8) is 0 Å². The number of rotatable bonds is 3.